The molecule has 0 bridgehead atoms. The van der Waals surface area contributed by atoms with Gasteiger partial charge in [0.05, 0.1) is 18.5 Å². The minimum atomic E-state index is -0.551. The number of fused-ring (bicyclic) bond motifs is 1. The largest absolute Gasteiger partial charge is 0.463 e. The number of methoxy groups -OCH3 is 2. The Bertz CT molecular complexity index is 887. The second-order valence-corrected chi connectivity index (χ2v) is 5.85. The number of carbonyl (C=O) groups is 1. The highest BCUT2D eigenvalue weighted by Crippen LogP contribution is 2.42. The Balaban J connectivity index is 1.83. The van der Waals surface area contributed by atoms with Gasteiger partial charge in [0, 0.05) is 26.0 Å². The van der Waals surface area contributed by atoms with Gasteiger partial charge >= 0.3 is 0 Å². The van der Waals surface area contributed by atoms with Gasteiger partial charge < -0.3 is 18.8 Å². The zero-order valence-corrected chi connectivity index (χ0v) is 14.4. The van der Waals surface area contributed by atoms with Crippen LogP contribution in [0.15, 0.2) is 47.2 Å². The summed E-state index contributed by atoms with van der Waals surface area (Å²) in [5, 5.41) is 7.16. The lowest BCUT2D eigenvalue weighted by Crippen LogP contribution is -2.38. The normalized spacial score (nSPS) is 16.5. The van der Waals surface area contributed by atoms with Crippen molar-refractivity contribution in [3.05, 3.63) is 59.7 Å². The van der Waals surface area contributed by atoms with Crippen molar-refractivity contribution in [2.45, 2.75) is 12.3 Å². The van der Waals surface area contributed by atoms with Crippen LogP contribution in [0.25, 0.3) is 11.5 Å². The maximum Gasteiger partial charge on any atom is 0.275 e. The Labute approximate surface area is 149 Å². The maximum absolute atomic E-state index is 13.0. The molecular weight excluding hydrogens is 336 g/mol. The fourth-order valence-electron chi connectivity index (χ4n) is 3.24. The van der Waals surface area contributed by atoms with Crippen LogP contribution in [0.3, 0.4) is 0 Å². The van der Waals surface area contributed by atoms with E-state index in [0.29, 0.717) is 17.1 Å². The molecule has 0 aliphatic carbocycles. The quantitative estimate of drug-likeness (QED) is 0.682. The first-order valence-corrected chi connectivity index (χ1v) is 8.14. The molecule has 4 heterocycles. The number of furan rings is 1. The lowest BCUT2D eigenvalue weighted by Gasteiger charge is -2.28. The van der Waals surface area contributed by atoms with E-state index in [-0.39, 0.29) is 12.5 Å². The van der Waals surface area contributed by atoms with E-state index in [1.54, 1.807) is 23.4 Å². The number of pyridine rings is 1. The molecule has 0 saturated carbocycles. The molecule has 134 valence electrons. The number of carbonyl (C=O) groups excluding carboxylic acids is 1. The molecule has 1 aliphatic heterocycles. The number of nitrogens with zero attached hydrogens (tertiary/aromatic N) is 3. The van der Waals surface area contributed by atoms with Crippen LogP contribution < -0.4 is 0 Å². The van der Waals surface area contributed by atoms with E-state index in [4.69, 9.17) is 13.9 Å². The molecule has 8 heteroatoms. The van der Waals surface area contributed by atoms with Gasteiger partial charge in [-0.1, -0.05) is 6.07 Å². The summed E-state index contributed by atoms with van der Waals surface area (Å²) >= 11 is 0. The third kappa shape index (κ3) is 2.59. The fourth-order valence-corrected chi connectivity index (χ4v) is 3.24. The third-order valence-electron chi connectivity index (χ3n) is 4.46. The van der Waals surface area contributed by atoms with Crippen LogP contribution in [0.4, 0.5) is 0 Å². The standard InChI is InChI=1S/C18H18N4O4/c1-24-13(25-2)10-22-17(11-6-3-4-8-19-11)14-15(12-7-5-9-26-12)20-21-16(14)18(22)23/h3-9,13,17H,10H2,1-2H3,(H,20,21). The molecule has 0 radical (unpaired) electrons. The minimum absolute atomic E-state index is 0.205. The van der Waals surface area contributed by atoms with Crippen LogP contribution in [0.5, 0.6) is 0 Å². The lowest BCUT2D eigenvalue weighted by molar-refractivity contribution is -0.113. The zero-order chi connectivity index (χ0) is 18.1. The SMILES string of the molecule is COC(CN1C(=O)c2n[nH]c(-c3ccco3)c2C1c1ccccn1)OC. The topological polar surface area (TPSA) is 93.5 Å². The molecule has 3 aromatic heterocycles. The number of amides is 1. The number of hydrogen-bond acceptors (Lipinski definition) is 6. The number of aromatic nitrogens is 3. The Kier molecular flexibility index (Phi) is 4.27. The summed E-state index contributed by atoms with van der Waals surface area (Å²) in [7, 11) is 3.08. The second-order valence-electron chi connectivity index (χ2n) is 5.85. The first-order valence-electron chi connectivity index (χ1n) is 8.14. The van der Waals surface area contributed by atoms with Crippen molar-refractivity contribution in [2.75, 3.05) is 20.8 Å². The van der Waals surface area contributed by atoms with E-state index in [1.807, 2.05) is 24.3 Å². The van der Waals surface area contributed by atoms with Crippen LogP contribution in [0.2, 0.25) is 0 Å². The maximum atomic E-state index is 13.0. The molecule has 26 heavy (non-hydrogen) atoms. The molecular formula is C18H18N4O4. The molecule has 1 aliphatic rings. The number of hydrogen-bond donors (Lipinski definition) is 1. The Morgan fingerprint density at radius 3 is 2.77 bits per heavy atom. The summed E-state index contributed by atoms with van der Waals surface area (Å²) in [6, 6.07) is 8.81. The molecule has 0 saturated heterocycles. The minimum Gasteiger partial charge on any atom is -0.463 e. The van der Waals surface area contributed by atoms with Crippen molar-refractivity contribution >= 4 is 5.91 Å². The van der Waals surface area contributed by atoms with Crippen molar-refractivity contribution in [3.8, 4) is 11.5 Å². The second kappa shape index (κ2) is 6.74. The highest BCUT2D eigenvalue weighted by atomic mass is 16.7. The number of aromatic amines is 1. The van der Waals surface area contributed by atoms with Crippen molar-refractivity contribution in [1.82, 2.24) is 20.1 Å². The molecule has 1 atom stereocenters. The van der Waals surface area contributed by atoms with Gasteiger partial charge in [0.1, 0.15) is 11.7 Å². The lowest BCUT2D eigenvalue weighted by atomic mass is 10.0. The Hall–Kier alpha value is -2.97. The van der Waals surface area contributed by atoms with E-state index in [1.165, 1.54) is 14.2 Å². The van der Waals surface area contributed by atoms with E-state index < -0.39 is 12.3 Å². The van der Waals surface area contributed by atoms with E-state index in [2.05, 4.69) is 15.2 Å². The summed E-state index contributed by atoms with van der Waals surface area (Å²) in [4.78, 5) is 19.1. The van der Waals surface area contributed by atoms with Crippen LogP contribution in [0.1, 0.15) is 27.8 Å². The molecule has 4 rings (SSSR count). The highest BCUT2D eigenvalue weighted by molar-refractivity contribution is 5.99. The fraction of sp³-hybridized carbons (Fsp3) is 0.278. The van der Waals surface area contributed by atoms with Crippen molar-refractivity contribution in [2.24, 2.45) is 0 Å². The van der Waals surface area contributed by atoms with Gasteiger partial charge in [-0.2, -0.15) is 5.10 Å². The Morgan fingerprint density at radius 1 is 1.27 bits per heavy atom. The van der Waals surface area contributed by atoms with Crippen molar-refractivity contribution < 1.29 is 18.7 Å². The summed E-state index contributed by atoms with van der Waals surface area (Å²) in [6.45, 7) is 0.251. The van der Waals surface area contributed by atoms with Gasteiger partial charge in [-0.25, -0.2) is 0 Å². The summed E-state index contributed by atoms with van der Waals surface area (Å²) < 4.78 is 16.1. The third-order valence-corrected chi connectivity index (χ3v) is 4.46. The molecule has 0 spiro atoms. The molecule has 1 unspecified atom stereocenters. The summed E-state index contributed by atoms with van der Waals surface area (Å²) in [5.41, 5.74) is 2.51. The van der Waals surface area contributed by atoms with Crippen molar-refractivity contribution in [1.29, 1.82) is 0 Å². The number of ether oxygens (including phenoxy) is 2. The average Bonchev–Trinajstić information content (AvgIpc) is 3.39. The predicted octanol–water partition coefficient (Wildman–Crippen LogP) is 2.23. The van der Waals surface area contributed by atoms with Gasteiger partial charge in [0.25, 0.3) is 5.91 Å². The van der Waals surface area contributed by atoms with Crippen molar-refractivity contribution in [3.63, 3.8) is 0 Å². The summed E-state index contributed by atoms with van der Waals surface area (Å²) in [6.07, 6.45) is 2.73. The van der Waals surface area contributed by atoms with Crippen LogP contribution in [-0.2, 0) is 9.47 Å². The zero-order valence-electron chi connectivity index (χ0n) is 14.4. The predicted molar refractivity (Wildman–Crippen MR) is 91.2 cm³/mol. The first-order chi connectivity index (χ1) is 12.7. The van der Waals surface area contributed by atoms with E-state index >= 15 is 0 Å². The molecule has 8 nitrogen and oxygen atoms in total. The first kappa shape index (κ1) is 16.5. The monoisotopic (exact) mass is 354 g/mol. The van der Waals surface area contributed by atoms with Gasteiger partial charge in [0.2, 0.25) is 0 Å². The van der Waals surface area contributed by atoms with Crippen LogP contribution in [0, 0.1) is 0 Å². The van der Waals surface area contributed by atoms with Crippen LogP contribution >= 0.6 is 0 Å². The average molecular weight is 354 g/mol. The number of rotatable bonds is 6. The number of nitrogens with one attached hydrogen (secondary N) is 1. The van der Waals surface area contributed by atoms with E-state index in [0.717, 1.165) is 11.3 Å². The van der Waals surface area contributed by atoms with Gasteiger partial charge in [0.15, 0.2) is 17.7 Å². The highest BCUT2D eigenvalue weighted by Gasteiger charge is 2.44. The molecule has 1 amide bonds. The Morgan fingerprint density at radius 2 is 2.12 bits per heavy atom. The van der Waals surface area contributed by atoms with E-state index in [9.17, 15) is 4.79 Å². The smallest absolute Gasteiger partial charge is 0.275 e. The van der Waals surface area contributed by atoms with Gasteiger partial charge in [-0.3, -0.25) is 14.9 Å². The summed E-state index contributed by atoms with van der Waals surface area (Å²) in [5.74, 6) is 0.410. The molecule has 0 aromatic carbocycles. The number of H-pyrrole nitrogens is 1. The molecule has 0 fully saturated rings. The molecule has 3 aromatic rings. The van der Waals surface area contributed by atoms with Gasteiger partial charge in [-0.15, -0.1) is 0 Å². The molecule has 1 N–H and O–H groups in total. The van der Waals surface area contributed by atoms with Gasteiger partial charge in [-0.05, 0) is 24.3 Å². The van der Waals surface area contributed by atoms with Crippen LogP contribution in [-0.4, -0.2) is 53.0 Å².